The lowest BCUT2D eigenvalue weighted by molar-refractivity contribution is -0.136. The molecule has 1 aliphatic rings. The largest absolute Gasteiger partial charge is 0.339 e. The Morgan fingerprint density at radius 2 is 2.00 bits per heavy atom. The lowest BCUT2D eigenvalue weighted by atomic mass is 9.96. The van der Waals surface area contributed by atoms with Crippen LogP contribution in [-0.4, -0.2) is 30.9 Å². The molecule has 4 heteroatoms. The minimum Gasteiger partial charge on any atom is -0.339 e. The number of piperidine rings is 1. The number of nitrogens with one attached hydrogen (secondary N) is 1. The molecule has 1 amide bonds. The van der Waals surface area contributed by atoms with Gasteiger partial charge in [-0.1, -0.05) is 29.8 Å². The molecule has 1 aromatic carbocycles. The first-order valence-electron chi connectivity index (χ1n) is 7.13. The second-order valence-electron chi connectivity index (χ2n) is 5.58. The van der Waals surface area contributed by atoms with E-state index in [0.29, 0.717) is 0 Å². The zero-order valence-electron chi connectivity index (χ0n) is 12.6. The zero-order chi connectivity index (χ0) is 13.8. The van der Waals surface area contributed by atoms with Gasteiger partial charge in [-0.3, -0.25) is 4.79 Å². The number of hydrogen-bond donors (Lipinski definition) is 1. The topological polar surface area (TPSA) is 32.3 Å². The average Bonchev–Trinajstić information content (AvgIpc) is 2.46. The van der Waals surface area contributed by atoms with Gasteiger partial charge in [0.2, 0.25) is 5.91 Å². The summed E-state index contributed by atoms with van der Waals surface area (Å²) in [4.78, 5) is 14.4. The second kappa shape index (κ2) is 7.65. The summed E-state index contributed by atoms with van der Waals surface area (Å²) in [5.41, 5.74) is 2.45. The minimum absolute atomic E-state index is 0. The molecule has 1 heterocycles. The molecule has 112 valence electrons. The number of carbonyl (C=O) groups excluding carboxylic acids is 1. The maximum Gasteiger partial charge on any atom is 0.227 e. The van der Waals surface area contributed by atoms with Crippen LogP contribution in [0.15, 0.2) is 24.3 Å². The summed E-state index contributed by atoms with van der Waals surface area (Å²) < 4.78 is 0. The van der Waals surface area contributed by atoms with Gasteiger partial charge in [0.1, 0.15) is 0 Å². The van der Waals surface area contributed by atoms with Crippen LogP contribution in [0.3, 0.4) is 0 Å². The highest BCUT2D eigenvalue weighted by atomic mass is 35.5. The van der Waals surface area contributed by atoms with Gasteiger partial charge in [-0.2, -0.15) is 0 Å². The van der Waals surface area contributed by atoms with Gasteiger partial charge in [0.25, 0.3) is 0 Å². The van der Waals surface area contributed by atoms with Crippen molar-refractivity contribution in [1.29, 1.82) is 0 Å². The third-order valence-corrected chi connectivity index (χ3v) is 4.13. The molecule has 1 aromatic rings. The van der Waals surface area contributed by atoms with Crippen LogP contribution in [0.4, 0.5) is 0 Å². The number of nitrogens with zero attached hydrogens (tertiary/aromatic N) is 1. The Balaban J connectivity index is 0.00000200. The van der Waals surface area contributed by atoms with Crippen LogP contribution in [-0.2, 0) is 4.79 Å². The highest BCUT2D eigenvalue weighted by Gasteiger charge is 2.26. The predicted molar refractivity (Wildman–Crippen MR) is 85.2 cm³/mol. The highest BCUT2D eigenvalue weighted by molar-refractivity contribution is 5.85. The van der Waals surface area contributed by atoms with Crippen LogP contribution >= 0.6 is 12.4 Å². The molecule has 2 atom stereocenters. The molecule has 0 saturated carbocycles. The lowest BCUT2D eigenvalue weighted by Gasteiger charge is -2.31. The van der Waals surface area contributed by atoms with E-state index < -0.39 is 0 Å². The van der Waals surface area contributed by atoms with E-state index in [1.54, 1.807) is 0 Å². The van der Waals surface area contributed by atoms with E-state index in [0.717, 1.165) is 25.9 Å². The maximum atomic E-state index is 12.5. The first-order valence-corrected chi connectivity index (χ1v) is 7.13. The molecule has 0 aliphatic carbocycles. The van der Waals surface area contributed by atoms with Crippen molar-refractivity contribution in [1.82, 2.24) is 10.2 Å². The van der Waals surface area contributed by atoms with Crippen LogP contribution in [0.2, 0.25) is 0 Å². The van der Waals surface area contributed by atoms with Gasteiger partial charge in [-0.15, -0.1) is 12.4 Å². The fourth-order valence-corrected chi connectivity index (χ4v) is 2.61. The summed E-state index contributed by atoms with van der Waals surface area (Å²) in [6.07, 6.45) is 2.11. The molecule has 1 unspecified atom stereocenters. The Morgan fingerprint density at radius 1 is 1.35 bits per heavy atom. The molecule has 0 bridgehead atoms. The van der Waals surface area contributed by atoms with Crippen LogP contribution in [0, 0.1) is 12.8 Å². The molecule has 1 aliphatic heterocycles. The fourth-order valence-electron chi connectivity index (χ4n) is 2.61. The summed E-state index contributed by atoms with van der Waals surface area (Å²) in [5.74, 6) is 0.409. The number of hydrogen-bond acceptors (Lipinski definition) is 2. The predicted octanol–water partition coefficient (Wildman–Crippen LogP) is 2.94. The van der Waals surface area contributed by atoms with E-state index in [1.807, 2.05) is 11.9 Å². The smallest absolute Gasteiger partial charge is 0.227 e. The number of carbonyl (C=O) groups is 1. The quantitative estimate of drug-likeness (QED) is 0.930. The number of amides is 1. The van der Waals surface area contributed by atoms with Crippen LogP contribution in [0.1, 0.15) is 36.9 Å². The van der Waals surface area contributed by atoms with Crippen molar-refractivity contribution in [2.75, 3.05) is 20.1 Å². The minimum atomic E-state index is 0. The van der Waals surface area contributed by atoms with E-state index in [2.05, 4.69) is 43.4 Å². The first kappa shape index (κ1) is 17.0. The zero-order valence-corrected chi connectivity index (χ0v) is 13.4. The van der Waals surface area contributed by atoms with Gasteiger partial charge in [0.05, 0.1) is 12.0 Å². The summed E-state index contributed by atoms with van der Waals surface area (Å²) in [6.45, 7) is 6.04. The Bertz CT molecular complexity index is 427. The van der Waals surface area contributed by atoms with Gasteiger partial charge in [-0.25, -0.2) is 0 Å². The standard InChI is InChI=1S/C16H24N2O.ClH/c1-12-6-8-14(9-7-12)13(2)18(3)16(19)15-5-4-10-17-11-15;/h6-9,13,15,17H,4-5,10-11H2,1-3H3;1H/t13?,15-;/m1./s1. The van der Waals surface area contributed by atoms with E-state index in [1.165, 1.54) is 11.1 Å². The van der Waals surface area contributed by atoms with E-state index in [-0.39, 0.29) is 30.3 Å². The fraction of sp³-hybridized carbons (Fsp3) is 0.562. The second-order valence-corrected chi connectivity index (χ2v) is 5.58. The molecule has 0 spiro atoms. The Morgan fingerprint density at radius 3 is 2.55 bits per heavy atom. The molecule has 1 N–H and O–H groups in total. The average molecular weight is 297 g/mol. The van der Waals surface area contributed by atoms with Crippen molar-refractivity contribution in [3.63, 3.8) is 0 Å². The van der Waals surface area contributed by atoms with Gasteiger partial charge in [0, 0.05) is 13.6 Å². The third kappa shape index (κ3) is 3.97. The van der Waals surface area contributed by atoms with Crippen molar-refractivity contribution in [2.24, 2.45) is 5.92 Å². The molecule has 1 saturated heterocycles. The summed E-state index contributed by atoms with van der Waals surface area (Å²) in [6, 6.07) is 8.57. The Labute approximate surface area is 128 Å². The van der Waals surface area contributed by atoms with Crippen molar-refractivity contribution < 1.29 is 4.79 Å². The van der Waals surface area contributed by atoms with Crippen LogP contribution in [0.25, 0.3) is 0 Å². The van der Waals surface area contributed by atoms with Gasteiger partial charge >= 0.3 is 0 Å². The lowest BCUT2D eigenvalue weighted by Crippen LogP contribution is -2.42. The van der Waals surface area contributed by atoms with Gasteiger partial charge in [-0.05, 0) is 38.8 Å². The molecule has 2 rings (SSSR count). The number of benzene rings is 1. The van der Waals surface area contributed by atoms with Gasteiger partial charge in [0.15, 0.2) is 0 Å². The molecule has 0 radical (unpaired) electrons. The number of aryl methyl sites for hydroxylation is 1. The molecular weight excluding hydrogens is 272 g/mol. The van der Waals surface area contributed by atoms with Crippen molar-refractivity contribution >= 4 is 18.3 Å². The van der Waals surface area contributed by atoms with E-state index in [9.17, 15) is 4.79 Å². The number of rotatable bonds is 3. The highest BCUT2D eigenvalue weighted by Crippen LogP contribution is 2.22. The van der Waals surface area contributed by atoms with Crippen molar-refractivity contribution in [2.45, 2.75) is 32.7 Å². The Hall–Kier alpha value is -1.06. The van der Waals surface area contributed by atoms with Crippen molar-refractivity contribution in [3.8, 4) is 0 Å². The summed E-state index contributed by atoms with van der Waals surface area (Å²) >= 11 is 0. The summed E-state index contributed by atoms with van der Waals surface area (Å²) in [7, 11) is 1.92. The first-order chi connectivity index (χ1) is 9.09. The SMILES string of the molecule is Cc1ccc(C(C)N(C)C(=O)[C@@H]2CCCNC2)cc1.Cl. The van der Waals surface area contributed by atoms with Crippen LogP contribution < -0.4 is 5.32 Å². The Kier molecular flexibility index (Phi) is 6.50. The van der Waals surface area contributed by atoms with Gasteiger partial charge < -0.3 is 10.2 Å². The van der Waals surface area contributed by atoms with Crippen LogP contribution in [0.5, 0.6) is 0 Å². The van der Waals surface area contributed by atoms with E-state index >= 15 is 0 Å². The molecule has 0 aromatic heterocycles. The molecule has 3 nitrogen and oxygen atoms in total. The maximum absolute atomic E-state index is 12.5. The molecule has 20 heavy (non-hydrogen) atoms. The number of halogens is 1. The third-order valence-electron chi connectivity index (χ3n) is 4.13. The molecular formula is C16H25ClN2O. The van der Waals surface area contributed by atoms with Crippen molar-refractivity contribution in [3.05, 3.63) is 35.4 Å². The normalized spacial score (nSPS) is 19.9. The monoisotopic (exact) mass is 296 g/mol. The van der Waals surface area contributed by atoms with E-state index in [4.69, 9.17) is 0 Å². The molecule has 1 fully saturated rings. The summed E-state index contributed by atoms with van der Waals surface area (Å²) in [5, 5.41) is 3.31.